The van der Waals surface area contributed by atoms with Gasteiger partial charge in [-0.1, -0.05) is 18.2 Å². The third kappa shape index (κ3) is 3.35. The molecule has 0 amide bonds. The van der Waals surface area contributed by atoms with Crippen LogP contribution in [0.4, 0.5) is 15.8 Å². The van der Waals surface area contributed by atoms with Gasteiger partial charge in [0.15, 0.2) is 0 Å². The summed E-state index contributed by atoms with van der Waals surface area (Å²) in [5.41, 5.74) is 2.57. The van der Waals surface area contributed by atoms with Gasteiger partial charge in [0.25, 0.3) is 0 Å². The zero-order valence-electron chi connectivity index (χ0n) is 12.5. The van der Waals surface area contributed by atoms with Crippen LogP contribution >= 0.6 is 0 Å². The highest BCUT2D eigenvalue weighted by molar-refractivity contribution is 5.96. The number of carboxylic acid groups (broad SMARTS) is 1. The van der Waals surface area contributed by atoms with Crippen molar-refractivity contribution in [1.29, 1.82) is 0 Å². The van der Waals surface area contributed by atoms with Crippen LogP contribution in [0.1, 0.15) is 10.4 Å². The predicted molar refractivity (Wildman–Crippen MR) is 90.2 cm³/mol. The number of carbonyl (C=O) groups is 1. The van der Waals surface area contributed by atoms with Crippen LogP contribution in [0.15, 0.2) is 66.7 Å². The second kappa shape index (κ2) is 6.42. The summed E-state index contributed by atoms with van der Waals surface area (Å²) >= 11 is 0. The van der Waals surface area contributed by atoms with E-state index in [2.05, 4.69) is 5.32 Å². The topological polar surface area (TPSA) is 69.6 Å². The van der Waals surface area contributed by atoms with Crippen molar-refractivity contribution in [3.8, 4) is 16.9 Å². The molecule has 0 aliphatic carbocycles. The summed E-state index contributed by atoms with van der Waals surface area (Å²) in [6, 6.07) is 17.2. The fourth-order valence-corrected chi connectivity index (χ4v) is 2.39. The quantitative estimate of drug-likeness (QED) is 0.654. The van der Waals surface area contributed by atoms with Crippen LogP contribution in [-0.4, -0.2) is 16.2 Å². The number of rotatable bonds is 4. The van der Waals surface area contributed by atoms with E-state index in [4.69, 9.17) is 0 Å². The van der Waals surface area contributed by atoms with Crippen molar-refractivity contribution in [3.05, 3.63) is 78.1 Å². The number of aromatic carboxylic acids is 1. The van der Waals surface area contributed by atoms with Crippen molar-refractivity contribution < 1.29 is 19.4 Å². The van der Waals surface area contributed by atoms with Gasteiger partial charge in [0.2, 0.25) is 0 Å². The Bertz CT molecular complexity index is 891. The van der Waals surface area contributed by atoms with Crippen LogP contribution < -0.4 is 5.32 Å². The van der Waals surface area contributed by atoms with E-state index in [0.717, 1.165) is 11.1 Å². The Morgan fingerprint density at radius 1 is 0.917 bits per heavy atom. The molecule has 4 nitrogen and oxygen atoms in total. The molecular formula is C19H14FNO3. The number of hydrogen-bond donors (Lipinski definition) is 3. The van der Waals surface area contributed by atoms with E-state index < -0.39 is 5.97 Å². The number of hydrogen-bond acceptors (Lipinski definition) is 3. The molecule has 0 spiro atoms. The monoisotopic (exact) mass is 323 g/mol. The highest BCUT2D eigenvalue weighted by Gasteiger charge is 2.12. The lowest BCUT2D eigenvalue weighted by molar-refractivity contribution is 0.0698. The van der Waals surface area contributed by atoms with Gasteiger partial charge < -0.3 is 15.5 Å². The molecular weight excluding hydrogens is 309 g/mol. The summed E-state index contributed by atoms with van der Waals surface area (Å²) in [7, 11) is 0. The smallest absolute Gasteiger partial charge is 0.337 e. The zero-order valence-corrected chi connectivity index (χ0v) is 12.5. The lowest BCUT2D eigenvalue weighted by Gasteiger charge is -2.12. The molecule has 0 aliphatic rings. The van der Waals surface area contributed by atoms with Gasteiger partial charge in [0.05, 0.1) is 11.3 Å². The molecule has 0 bridgehead atoms. The van der Waals surface area contributed by atoms with Crippen molar-refractivity contribution in [2.45, 2.75) is 0 Å². The molecule has 0 heterocycles. The number of nitrogens with one attached hydrogen (secondary N) is 1. The Kier molecular flexibility index (Phi) is 4.16. The van der Waals surface area contributed by atoms with E-state index in [9.17, 15) is 19.4 Å². The average Bonchev–Trinajstić information content (AvgIpc) is 2.57. The Balaban J connectivity index is 2.03. The van der Waals surface area contributed by atoms with Gasteiger partial charge in [0.1, 0.15) is 11.6 Å². The summed E-state index contributed by atoms with van der Waals surface area (Å²) in [6.07, 6.45) is 0. The maximum Gasteiger partial charge on any atom is 0.337 e. The number of halogens is 1. The van der Waals surface area contributed by atoms with Crippen molar-refractivity contribution >= 4 is 17.3 Å². The van der Waals surface area contributed by atoms with Gasteiger partial charge in [0, 0.05) is 5.69 Å². The molecule has 3 aromatic rings. The number of carboxylic acids is 1. The average molecular weight is 323 g/mol. The van der Waals surface area contributed by atoms with E-state index in [1.54, 1.807) is 30.3 Å². The molecule has 120 valence electrons. The maximum absolute atomic E-state index is 13.0. The first-order chi connectivity index (χ1) is 11.5. The molecule has 0 aliphatic heterocycles. The number of phenols is 1. The van der Waals surface area contributed by atoms with Gasteiger partial charge in [-0.15, -0.1) is 0 Å². The summed E-state index contributed by atoms with van der Waals surface area (Å²) < 4.78 is 13.0. The lowest BCUT2D eigenvalue weighted by atomic mass is 10.0. The minimum Gasteiger partial charge on any atom is -0.508 e. The number of phenolic OH excluding ortho intramolecular Hbond substituents is 1. The summed E-state index contributed by atoms with van der Waals surface area (Å²) in [5, 5.41) is 22.0. The van der Waals surface area contributed by atoms with Gasteiger partial charge >= 0.3 is 5.97 Å². The van der Waals surface area contributed by atoms with Crippen molar-refractivity contribution in [2.75, 3.05) is 5.32 Å². The molecule has 3 rings (SSSR count). The van der Waals surface area contributed by atoms with E-state index in [0.29, 0.717) is 11.4 Å². The van der Waals surface area contributed by atoms with Crippen LogP contribution in [-0.2, 0) is 0 Å². The number of aromatic hydroxyl groups is 1. The SMILES string of the molecule is O=C(O)c1ccc(-c2cccc(O)c2)cc1Nc1ccc(F)cc1. The van der Waals surface area contributed by atoms with Gasteiger partial charge in [-0.25, -0.2) is 9.18 Å². The van der Waals surface area contributed by atoms with Gasteiger partial charge in [-0.3, -0.25) is 0 Å². The highest BCUT2D eigenvalue weighted by atomic mass is 19.1. The minimum atomic E-state index is -1.07. The lowest BCUT2D eigenvalue weighted by Crippen LogP contribution is -2.03. The van der Waals surface area contributed by atoms with Crippen molar-refractivity contribution in [2.24, 2.45) is 0 Å². The fourth-order valence-electron chi connectivity index (χ4n) is 2.39. The molecule has 0 unspecified atom stereocenters. The Morgan fingerprint density at radius 2 is 1.62 bits per heavy atom. The second-order valence-corrected chi connectivity index (χ2v) is 5.25. The molecule has 24 heavy (non-hydrogen) atoms. The van der Waals surface area contributed by atoms with Crippen LogP contribution in [0.3, 0.4) is 0 Å². The normalized spacial score (nSPS) is 10.4. The zero-order chi connectivity index (χ0) is 17.1. The molecule has 5 heteroatoms. The van der Waals surface area contributed by atoms with E-state index >= 15 is 0 Å². The Labute approximate surface area is 137 Å². The van der Waals surface area contributed by atoms with Gasteiger partial charge in [-0.2, -0.15) is 0 Å². The van der Waals surface area contributed by atoms with Crippen molar-refractivity contribution in [1.82, 2.24) is 0 Å². The molecule has 0 fully saturated rings. The first-order valence-electron chi connectivity index (χ1n) is 7.22. The molecule has 0 atom stereocenters. The molecule has 0 aromatic heterocycles. The van der Waals surface area contributed by atoms with Crippen LogP contribution in [0.25, 0.3) is 11.1 Å². The van der Waals surface area contributed by atoms with Gasteiger partial charge in [-0.05, 0) is 59.7 Å². The Morgan fingerprint density at radius 3 is 2.29 bits per heavy atom. The van der Waals surface area contributed by atoms with E-state index in [-0.39, 0.29) is 17.1 Å². The third-order valence-corrected chi connectivity index (χ3v) is 3.55. The fraction of sp³-hybridized carbons (Fsp3) is 0. The maximum atomic E-state index is 13.0. The Hall–Kier alpha value is -3.34. The minimum absolute atomic E-state index is 0.100. The highest BCUT2D eigenvalue weighted by Crippen LogP contribution is 2.29. The van der Waals surface area contributed by atoms with E-state index in [1.807, 2.05) is 6.07 Å². The van der Waals surface area contributed by atoms with Crippen LogP contribution in [0.5, 0.6) is 5.75 Å². The predicted octanol–water partition coefficient (Wildman–Crippen LogP) is 4.64. The number of anilines is 2. The molecule has 3 N–H and O–H groups in total. The summed E-state index contributed by atoms with van der Waals surface area (Å²) in [6.45, 7) is 0. The second-order valence-electron chi connectivity index (χ2n) is 5.25. The standard InChI is InChI=1S/C19H14FNO3/c20-14-5-7-15(8-6-14)21-18-11-13(4-9-17(18)19(23)24)12-2-1-3-16(22)10-12/h1-11,21-22H,(H,23,24). The third-order valence-electron chi connectivity index (χ3n) is 3.55. The van der Waals surface area contributed by atoms with E-state index in [1.165, 1.54) is 30.3 Å². The molecule has 0 saturated carbocycles. The summed E-state index contributed by atoms with van der Waals surface area (Å²) in [4.78, 5) is 11.4. The summed E-state index contributed by atoms with van der Waals surface area (Å²) in [5.74, 6) is -1.31. The largest absolute Gasteiger partial charge is 0.508 e. The molecule has 0 radical (unpaired) electrons. The molecule has 0 saturated heterocycles. The first-order valence-corrected chi connectivity index (χ1v) is 7.22. The molecule has 3 aromatic carbocycles. The van der Waals surface area contributed by atoms with Crippen molar-refractivity contribution in [3.63, 3.8) is 0 Å². The van der Waals surface area contributed by atoms with Crippen LogP contribution in [0.2, 0.25) is 0 Å². The van der Waals surface area contributed by atoms with Crippen LogP contribution in [0, 0.1) is 5.82 Å². The first kappa shape index (κ1) is 15.6. The number of benzene rings is 3.